The normalized spacial score (nSPS) is 26.9. The van der Waals surface area contributed by atoms with Gasteiger partial charge in [-0.05, 0) is 11.6 Å². The van der Waals surface area contributed by atoms with Crippen LogP contribution in [0.3, 0.4) is 0 Å². The van der Waals surface area contributed by atoms with Gasteiger partial charge in [0.15, 0.2) is 11.5 Å². The molecule has 3 aromatic rings. The molecule has 0 unspecified atom stereocenters. The van der Waals surface area contributed by atoms with E-state index in [1.807, 2.05) is 53.4 Å². The molecule has 8 nitrogen and oxygen atoms in total. The van der Waals surface area contributed by atoms with Crippen molar-refractivity contribution in [2.45, 2.75) is 30.7 Å². The van der Waals surface area contributed by atoms with Crippen molar-refractivity contribution in [3.05, 3.63) is 72.1 Å². The Morgan fingerprint density at radius 3 is 2.74 bits per heavy atom. The molecule has 2 amide bonds. The number of rotatable bonds is 3. The molecule has 8 heteroatoms. The van der Waals surface area contributed by atoms with Gasteiger partial charge in [0.25, 0.3) is 5.91 Å². The zero-order chi connectivity index (χ0) is 21.0. The number of ether oxygens (including phenoxy) is 1. The molecule has 1 spiro atoms. The molecule has 6 rings (SSSR count). The fourth-order valence-electron chi connectivity index (χ4n) is 5.27. The lowest BCUT2D eigenvalue weighted by molar-refractivity contribution is -0.138. The molecule has 3 aliphatic heterocycles. The molecule has 2 aromatic carbocycles. The number of likely N-dealkylation sites (tertiary alicyclic amines) is 1. The number of aromatic nitrogens is 3. The van der Waals surface area contributed by atoms with Crippen LogP contribution in [-0.2, 0) is 9.53 Å². The molecule has 1 N–H and O–H groups in total. The quantitative estimate of drug-likeness (QED) is 0.709. The van der Waals surface area contributed by atoms with Crippen molar-refractivity contribution in [3.63, 3.8) is 0 Å². The molecule has 4 heterocycles. The van der Waals surface area contributed by atoms with Crippen LogP contribution in [0.2, 0.25) is 0 Å². The average molecular weight is 415 g/mol. The highest BCUT2D eigenvalue weighted by Gasteiger charge is 2.65. The van der Waals surface area contributed by atoms with E-state index >= 15 is 0 Å². The molecule has 31 heavy (non-hydrogen) atoms. The number of nitrogens with one attached hydrogen (secondary N) is 1. The van der Waals surface area contributed by atoms with Gasteiger partial charge in [-0.2, -0.15) is 5.10 Å². The summed E-state index contributed by atoms with van der Waals surface area (Å²) in [6.07, 6.45) is 2.15. The standard InChI is InChI=1S/C23H21N5O3/c29-20-12-19-23(28(20)13-18(31-23)15-6-2-1-3-7-15)10-11-27(19)22(30)17-9-5-4-8-16(17)21-24-14-25-26-21/h1-9,14,18-19H,10-13H2,(H,24,25,26)/t18-,19-,23+/m1/s1. The van der Waals surface area contributed by atoms with Gasteiger partial charge in [0.05, 0.1) is 24.6 Å². The lowest BCUT2D eigenvalue weighted by Crippen LogP contribution is -2.48. The highest BCUT2D eigenvalue weighted by Crippen LogP contribution is 2.51. The zero-order valence-electron chi connectivity index (χ0n) is 16.8. The molecular formula is C23H21N5O3. The van der Waals surface area contributed by atoms with E-state index in [0.29, 0.717) is 36.5 Å². The van der Waals surface area contributed by atoms with Gasteiger partial charge in [0, 0.05) is 18.5 Å². The van der Waals surface area contributed by atoms with E-state index in [2.05, 4.69) is 15.2 Å². The van der Waals surface area contributed by atoms with Gasteiger partial charge in [-0.15, -0.1) is 0 Å². The van der Waals surface area contributed by atoms with Crippen molar-refractivity contribution in [1.29, 1.82) is 0 Å². The predicted octanol–water partition coefficient (Wildman–Crippen LogP) is 2.39. The van der Waals surface area contributed by atoms with Crippen molar-refractivity contribution in [1.82, 2.24) is 25.0 Å². The molecule has 0 saturated carbocycles. The predicted molar refractivity (Wildman–Crippen MR) is 111 cm³/mol. The second-order valence-electron chi connectivity index (χ2n) is 8.21. The van der Waals surface area contributed by atoms with Crippen LogP contribution >= 0.6 is 0 Å². The number of nitrogens with zero attached hydrogens (tertiary/aromatic N) is 4. The van der Waals surface area contributed by atoms with E-state index in [4.69, 9.17) is 4.74 Å². The number of carbonyl (C=O) groups is 2. The summed E-state index contributed by atoms with van der Waals surface area (Å²) in [4.78, 5) is 34.4. The van der Waals surface area contributed by atoms with Crippen LogP contribution in [0.4, 0.5) is 0 Å². The number of carbonyl (C=O) groups excluding carboxylic acids is 2. The van der Waals surface area contributed by atoms with Gasteiger partial charge < -0.3 is 14.5 Å². The monoisotopic (exact) mass is 415 g/mol. The Kier molecular flexibility index (Phi) is 3.97. The maximum Gasteiger partial charge on any atom is 0.255 e. The van der Waals surface area contributed by atoms with E-state index in [1.165, 1.54) is 6.33 Å². The molecule has 3 aliphatic rings. The maximum atomic E-state index is 13.6. The van der Waals surface area contributed by atoms with Gasteiger partial charge in [0.2, 0.25) is 5.91 Å². The van der Waals surface area contributed by atoms with E-state index in [1.54, 1.807) is 11.0 Å². The van der Waals surface area contributed by atoms with E-state index in [-0.39, 0.29) is 30.4 Å². The van der Waals surface area contributed by atoms with Crippen LogP contribution in [-0.4, -0.2) is 61.7 Å². The Bertz CT molecular complexity index is 1150. The molecule has 156 valence electrons. The summed E-state index contributed by atoms with van der Waals surface area (Å²) in [5.74, 6) is 0.475. The van der Waals surface area contributed by atoms with Crippen LogP contribution in [0.15, 0.2) is 60.9 Å². The number of benzene rings is 2. The Morgan fingerprint density at radius 2 is 1.94 bits per heavy atom. The zero-order valence-corrected chi connectivity index (χ0v) is 16.8. The fourth-order valence-corrected chi connectivity index (χ4v) is 5.27. The molecule has 0 radical (unpaired) electrons. The highest BCUT2D eigenvalue weighted by atomic mass is 16.5. The molecule has 3 fully saturated rings. The van der Waals surface area contributed by atoms with Gasteiger partial charge in [-0.3, -0.25) is 14.7 Å². The summed E-state index contributed by atoms with van der Waals surface area (Å²) in [5, 5.41) is 6.74. The van der Waals surface area contributed by atoms with Crippen molar-refractivity contribution in [3.8, 4) is 11.4 Å². The lowest BCUT2D eigenvalue weighted by Gasteiger charge is -2.32. The van der Waals surface area contributed by atoms with Gasteiger partial charge in [0.1, 0.15) is 12.4 Å². The first-order valence-corrected chi connectivity index (χ1v) is 10.5. The third kappa shape index (κ3) is 2.64. The van der Waals surface area contributed by atoms with Gasteiger partial charge >= 0.3 is 0 Å². The third-order valence-corrected chi connectivity index (χ3v) is 6.69. The minimum atomic E-state index is -0.742. The minimum Gasteiger partial charge on any atom is -0.343 e. The second-order valence-corrected chi connectivity index (χ2v) is 8.21. The van der Waals surface area contributed by atoms with Crippen molar-refractivity contribution >= 4 is 11.8 Å². The summed E-state index contributed by atoms with van der Waals surface area (Å²) < 4.78 is 6.55. The average Bonchev–Trinajstić information content (AvgIpc) is 3.57. The fraction of sp³-hybridized carbons (Fsp3) is 0.304. The molecule has 3 atom stereocenters. The first kappa shape index (κ1) is 18.3. The number of hydrogen-bond donors (Lipinski definition) is 1. The summed E-state index contributed by atoms with van der Waals surface area (Å²) in [6, 6.07) is 17.0. The summed E-state index contributed by atoms with van der Waals surface area (Å²) in [5.41, 5.74) is 1.55. The number of H-pyrrole nitrogens is 1. The highest BCUT2D eigenvalue weighted by molar-refractivity contribution is 6.01. The summed E-state index contributed by atoms with van der Waals surface area (Å²) in [6.45, 7) is 1.07. The largest absolute Gasteiger partial charge is 0.343 e. The molecule has 0 aliphatic carbocycles. The molecule has 3 saturated heterocycles. The molecule has 1 aromatic heterocycles. The Balaban J connectivity index is 1.33. The Labute approximate surface area is 178 Å². The van der Waals surface area contributed by atoms with E-state index in [0.717, 1.165) is 5.56 Å². The topological polar surface area (TPSA) is 91.4 Å². The summed E-state index contributed by atoms with van der Waals surface area (Å²) in [7, 11) is 0. The first-order chi connectivity index (χ1) is 15.2. The lowest BCUT2D eigenvalue weighted by atomic mass is 10.0. The molecular weight excluding hydrogens is 394 g/mol. The first-order valence-electron chi connectivity index (χ1n) is 10.5. The van der Waals surface area contributed by atoms with Crippen molar-refractivity contribution in [2.75, 3.05) is 13.1 Å². The van der Waals surface area contributed by atoms with E-state index in [9.17, 15) is 9.59 Å². The minimum absolute atomic E-state index is 0.0458. The van der Waals surface area contributed by atoms with Gasteiger partial charge in [-0.25, -0.2) is 4.98 Å². The number of aromatic amines is 1. The Morgan fingerprint density at radius 1 is 1.13 bits per heavy atom. The number of amides is 2. The Hall–Kier alpha value is -3.52. The molecule has 0 bridgehead atoms. The van der Waals surface area contributed by atoms with Crippen molar-refractivity contribution in [2.24, 2.45) is 0 Å². The maximum absolute atomic E-state index is 13.6. The smallest absolute Gasteiger partial charge is 0.255 e. The van der Waals surface area contributed by atoms with Crippen LogP contribution < -0.4 is 0 Å². The van der Waals surface area contributed by atoms with E-state index < -0.39 is 5.72 Å². The van der Waals surface area contributed by atoms with Crippen LogP contribution in [0, 0.1) is 0 Å². The SMILES string of the molecule is O=C(c1ccccc1-c1ncn[nH]1)N1CC[C@@]23O[C@@H](c4ccccc4)CN2C(=O)C[C@@H]13. The summed E-state index contributed by atoms with van der Waals surface area (Å²) >= 11 is 0. The van der Waals surface area contributed by atoms with Gasteiger partial charge in [-0.1, -0.05) is 48.5 Å². The third-order valence-electron chi connectivity index (χ3n) is 6.69. The van der Waals surface area contributed by atoms with Crippen LogP contribution in [0.1, 0.15) is 34.9 Å². The van der Waals surface area contributed by atoms with Crippen LogP contribution in [0.25, 0.3) is 11.4 Å². The number of hydrogen-bond acceptors (Lipinski definition) is 5. The second kappa shape index (κ2) is 6.75. The van der Waals surface area contributed by atoms with Crippen molar-refractivity contribution < 1.29 is 14.3 Å². The van der Waals surface area contributed by atoms with Crippen LogP contribution in [0.5, 0.6) is 0 Å².